The first-order valence-electron chi connectivity index (χ1n) is 5.32. The van der Waals surface area contributed by atoms with Crippen LogP contribution < -0.4 is 5.32 Å². The Morgan fingerprint density at radius 2 is 2.25 bits per heavy atom. The summed E-state index contributed by atoms with van der Waals surface area (Å²) in [5.41, 5.74) is 0. The van der Waals surface area contributed by atoms with E-state index in [1.807, 2.05) is 6.92 Å². The number of carbonyl (C=O) groups excluding carboxylic acids is 1. The van der Waals surface area contributed by atoms with Gasteiger partial charge in [0, 0.05) is 25.7 Å². The number of carbonyl (C=O) groups is 1. The molecule has 0 radical (unpaired) electrons. The summed E-state index contributed by atoms with van der Waals surface area (Å²) in [7, 11) is -3.52. The molecule has 0 spiro atoms. The first-order valence-corrected chi connectivity index (χ1v) is 6.93. The van der Waals surface area contributed by atoms with E-state index < -0.39 is 21.7 Å². The first-order chi connectivity index (χ1) is 7.45. The summed E-state index contributed by atoms with van der Waals surface area (Å²) in [5.74, 6) is -1.25. The number of hydrogen-bond donors (Lipinski definition) is 1. The van der Waals surface area contributed by atoms with Crippen molar-refractivity contribution in [3.8, 4) is 0 Å². The molecule has 6 nitrogen and oxygen atoms in total. The molecule has 1 heterocycles. The van der Waals surface area contributed by atoms with Crippen LogP contribution in [0.3, 0.4) is 0 Å². The van der Waals surface area contributed by atoms with E-state index in [4.69, 9.17) is 0 Å². The molecule has 0 saturated carbocycles. The Morgan fingerprint density at radius 1 is 1.56 bits per heavy atom. The Labute approximate surface area is 96.0 Å². The molecule has 1 unspecified atom stereocenters. The van der Waals surface area contributed by atoms with Gasteiger partial charge in [0.15, 0.2) is 5.75 Å². The monoisotopic (exact) mass is 250 g/mol. The molecule has 94 valence electrons. The van der Waals surface area contributed by atoms with Crippen molar-refractivity contribution in [3.05, 3.63) is 0 Å². The zero-order valence-electron chi connectivity index (χ0n) is 9.60. The van der Waals surface area contributed by atoms with Gasteiger partial charge in [-0.3, -0.25) is 4.79 Å². The Balaban J connectivity index is 2.59. The molecule has 1 aliphatic rings. The van der Waals surface area contributed by atoms with Gasteiger partial charge in [-0.05, 0) is 13.8 Å². The summed E-state index contributed by atoms with van der Waals surface area (Å²) in [6, 6.07) is 0.116. The molecule has 16 heavy (non-hydrogen) atoms. The Bertz CT molecular complexity index is 341. The van der Waals surface area contributed by atoms with Crippen molar-refractivity contribution < 1.29 is 17.9 Å². The Kier molecular flexibility index (Phi) is 4.69. The first kappa shape index (κ1) is 13.4. The number of esters is 1. The Hall–Kier alpha value is -0.660. The predicted molar refractivity (Wildman–Crippen MR) is 59.5 cm³/mol. The third-order valence-electron chi connectivity index (χ3n) is 2.33. The third kappa shape index (κ3) is 3.73. The number of ether oxygens (including phenoxy) is 1. The van der Waals surface area contributed by atoms with Gasteiger partial charge in [-0.25, -0.2) is 8.42 Å². The molecule has 0 aliphatic carbocycles. The minimum atomic E-state index is -3.52. The van der Waals surface area contributed by atoms with Gasteiger partial charge >= 0.3 is 5.97 Å². The standard InChI is InChI=1S/C9H18N2O4S/c1-3-15-9(12)7-16(13,14)11-5-4-10-8(2)6-11/h8,10H,3-7H2,1-2H3. The van der Waals surface area contributed by atoms with Gasteiger partial charge in [0.25, 0.3) is 0 Å². The Morgan fingerprint density at radius 3 is 2.81 bits per heavy atom. The summed E-state index contributed by atoms with van der Waals surface area (Å²) in [4.78, 5) is 11.1. The highest BCUT2D eigenvalue weighted by Crippen LogP contribution is 2.07. The fourth-order valence-corrected chi connectivity index (χ4v) is 2.98. The van der Waals surface area contributed by atoms with E-state index in [2.05, 4.69) is 10.1 Å². The van der Waals surface area contributed by atoms with Crippen molar-refractivity contribution in [1.82, 2.24) is 9.62 Å². The molecule has 0 aromatic heterocycles. The quantitative estimate of drug-likeness (QED) is 0.659. The minimum absolute atomic E-state index is 0.116. The predicted octanol–water partition coefficient (Wildman–Crippen LogP) is -0.827. The van der Waals surface area contributed by atoms with Crippen LogP contribution in [-0.4, -0.2) is 56.7 Å². The van der Waals surface area contributed by atoms with Gasteiger partial charge < -0.3 is 10.1 Å². The fraction of sp³-hybridized carbons (Fsp3) is 0.889. The van der Waals surface area contributed by atoms with Crippen LogP contribution in [0.4, 0.5) is 0 Å². The SMILES string of the molecule is CCOC(=O)CS(=O)(=O)N1CCNC(C)C1. The van der Waals surface area contributed by atoms with Crippen LogP contribution in [0.2, 0.25) is 0 Å². The summed E-state index contributed by atoms with van der Waals surface area (Å²) >= 11 is 0. The van der Waals surface area contributed by atoms with Gasteiger partial charge in [-0.1, -0.05) is 0 Å². The van der Waals surface area contributed by atoms with Crippen LogP contribution in [0.15, 0.2) is 0 Å². The molecule has 0 aromatic carbocycles. The summed E-state index contributed by atoms with van der Waals surface area (Å²) in [6.07, 6.45) is 0. The van der Waals surface area contributed by atoms with E-state index in [9.17, 15) is 13.2 Å². The van der Waals surface area contributed by atoms with Crippen LogP contribution >= 0.6 is 0 Å². The van der Waals surface area contributed by atoms with Crippen LogP contribution in [0.25, 0.3) is 0 Å². The molecular weight excluding hydrogens is 232 g/mol. The zero-order valence-corrected chi connectivity index (χ0v) is 10.4. The number of hydrogen-bond acceptors (Lipinski definition) is 5. The highest BCUT2D eigenvalue weighted by Gasteiger charge is 2.29. The molecule has 7 heteroatoms. The summed E-state index contributed by atoms with van der Waals surface area (Å²) in [6.45, 7) is 5.19. The van der Waals surface area contributed by atoms with E-state index in [1.165, 1.54) is 4.31 Å². The highest BCUT2D eigenvalue weighted by atomic mass is 32.2. The second-order valence-corrected chi connectivity index (χ2v) is 5.74. The number of sulfonamides is 1. The van der Waals surface area contributed by atoms with E-state index in [1.54, 1.807) is 6.92 Å². The highest BCUT2D eigenvalue weighted by molar-refractivity contribution is 7.89. The second kappa shape index (κ2) is 5.60. The van der Waals surface area contributed by atoms with Gasteiger partial charge in [0.05, 0.1) is 6.61 Å². The van der Waals surface area contributed by atoms with E-state index in [-0.39, 0.29) is 12.6 Å². The van der Waals surface area contributed by atoms with Crippen molar-refractivity contribution in [2.24, 2.45) is 0 Å². The van der Waals surface area contributed by atoms with Crippen molar-refractivity contribution in [3.63, 3.8) is 0 Å². The maximum atomic E-state index is 11.8. The molecular formula is C9H18N2O4S. The fourth-order valence-electron chi connectivity index (χ4n) is 1.59. The van der Waals surface area contributed by atoms with E-state index >= 15 is 0 Å². The topological polar surface area (TPSA) is 75.7 Å². The average molecular weight is 250 g/mol. The average Bonchev–Trinajstić information content (AvgIpc) is 2.17. The van der Waals surface area contributed by atoms with Crippen molar-refractivity contribution >= 4 is 16.0 Å². The summed E-state index contributed by atoms with van der Waals surface area (Å²) in [5, 5.41) is 3.14. The van der Waals surface area contributed by atoms with E-state index in [0.29, 0.717) is 19.6 Å². The zero-order chi connectivity index (χ0) is 12.2. The lowest BCUT2D eigenvalue weighted by Gasteiger charge is -2.30. The van der Waals surface area contributed by atoms with Gasteiger partial charge in [0.2, 0.25) is 10.0 Å². The molecule has 1 rings (SSSR count). The van der Waals surface area contributed by atoms with Gasteiger partial charge in [-0.15, -0.1) is 0 Å². The molecule has 1 fully saturated rings. The maximum Gasteiger partial charge on any atom is 0.322 e. The number of rotatable bonds is 4. The lowest BCUT2D eigenvalue weighted by atomic mass is 10.3. The van der Waals surface area contributed by atoms with Crippen LogP contribution in [0.5, 0.6) is 0 Å². The lowest BCUT2D eigenvalue weighted by molar-refractivity contribution is -0.140. The van der Waals surface area contributed by atoms with Crippen molar-refractivity contribution in [1.29, 1.82) is 0 Å². The largest absolute Gasteiger partial charge is 0.465 e. The lowest BCUT2D eigenvalue weighted by Crippen LogP contribution is -2.52. The molecule has 0 amide bonds. The number of nitrogens with zero attached hydrogens (tertiary/aromatic N) is 1. The molecule has 0 bridgehead atoms. The van der Waals surface area contributed by atoms with E-state index in [0.717, 1.165) is 0 Å². The van der Waals surface area contributed by atoms with Crippen molar-refractivity contribution in [2.45, 2.75) is 19.9 Å². The maximum absolute atomic E-state index is 11.8. The molecule has 1 N–H and O–H groups in total. The van der Waals surface area contributed by atoms with Crippen LogP contribution in [0, 0.1) is 0 Å². The smallest absolute Gasteiger partial charge is 0.322 e. The van der Waals surface area contributed by atoms with Crippen LogP contribution in [-0.2, 0) is 19.6 Å². The van der Waals surface area contributed by atoms with Crippen molar-refractivity contribution in [2.75, 3.05) is 32.0 Å². The molecule has 1 atom stereocenters. The van der Waals surface area contributed by atoms with Gasteiger partial charge in [0.1, 0.15) is 0 Å². The third-order valence-corrected chi connectivity index (χ3v) is 4.05. The van der Waals surface area contributed by atoms with Crippen LogP contribution in [0.1, 0.15) is 13.8 Å². The normalized spacial score (nSPS) is 23.0. The summed E-state index contributed by atoms with van der Waals surface area (Å²) < 4.78 is 29.6. The molecule has 1 aliphatic heterocycles. The number of nitrogens with one attached hydrogen (secondary N) is 1. The van der Waals surface area contributed by atoms with Gasteiger partial charge in [-0.2, -0.15) is 4.31 Å². The number of piperazine rings is 1. The molecule has 0 aromatic rings. The minimum Gasteiger partial charge on any atom is -0.465 e. The molecule has 1 saturated heterocycles. The second-order valence-electron chi connectivity index (χ2n) is 3.77.